The number of rotatable bonds is 2. The van der Waals surface area contributed by atoms with Crippen molar-refractivity contribution >= 4 is 17.2 Å². The summed E-state index contributed by atoms with van der Waals surface area (Å²) < 4.78 is 0. The molecule has 21 heavy (non-hydrogen) atoms. The summed E-state index contributed by atoms with van der Waals surface area (Å²) in [6.45, 7) is 4.90. The second kappa shape index (κ2) is 5.93. The Labute approximate surface area is 128 Å². The Bertz CT molecular complexity index is 638. The summed E-state index contributed by atoms with van der Waals surface area (Å²) in [5.74, 6) is 0.124. The number of pyridine rings is 1. The minimum absolute atomic E-state index is 0.124. The van der Waals surface area contributed by atoms with Crippen molar-refractivity contribution in [2.45, 2.75) is 39.2 Å². The molecular formula is C16H19N3OS. The van der Waals surface area contributed by atoms with E-state index in [9.17, 15) is 4.79 Å². The summed E-state index contributed by atoms with van der Waals surface area (Å²) in [4.78, 5) is 24.3. The lowest BCUT2D eigenvalue weighted by Crippen LogP contribution is -2.41. The van der Waals surface area contributed by atoms with Crippen molar-refractivity contribution in [1.29, 1.82) is 0 Å². The third kappa shape index (κ3) is 2.83. The number of amides is 1. The van der Waals surface area contributed by atoms with Crippen LogP contribution in [0.3, 0.4) is 0 Å². The standard InChI is InChI=1S/C16H19N3OS/c1-11-7-4-6-10-19(11)16(20)14-12(2)18-15(21-14)13-8-3-5-9-17-13/h3,5,8-9,11H,4,6-7,10H2,1-2H3. The lowest BCUT2D eigenvalue weighted by Gasteiger charge is -2.33. The Morgan fingerprint density at radius 1 is 1.38 bits per heavy atom. The van der Waals surface area contributed by atoms with Gasteiger partial charge in [0.25, 0.3) is 5.91 Å². The van der Waals surface area contributed by atoms with Crippen molar-refractivity contribution in [3.05, 3.63) is 35.0 Å². The van der Waals surface area contributed by atoms with Gasteiger partial charge in [-0.15, -0.1) is 11.3 Å². The molecule has 1 saturated heterocycles. The summed E-state index contributed by atoms with van der Waals surface area (Å²) in [7, 11) is 0. The number of likely N-dealkylation sites (tertiary alicyclic amines) is 1. The van der Waals surface area contributed by atoms with Crippen LogP contribution in [-0.4, -0.2) is 33.4 Å². The van der Waals surface area contributed by atoms with Crippen LogP contribution >= 0.6 is 11.3 Å². The van der Waals surface area contributed by atoms with Crippen LogP contribution in [0.15, 0.2) is 24.4 Å². The molecule has 1 aliphatic heterocycles. The predicted molar refractivity (Wildman–Crippen MR) is 84.4 cm³/mol. The first-order chi connectivity index (χ1) is 10.2. The van der Waals surface area contributed by atoms with Gasteiger partial charge in [0.1, 0.15) is 9.88 Å². The van der Waals surface area contributed by atoms with E-state index in [2.05, 4.69) is 16.9 Å². The smallest absolute Gasteiger partial charge is 0.266 e. The van der Waals surface area contributed by atoms with Gasteiger partial charge >= 0.3 is 0 Å². The molecule has 1 aliphatic rings. The molecule has 0 aliphatic carbocycles. The molecule has 0 aromatic carbocycles. The number of nitrogens with zero attached hydrogens (tertiary/aromatic N) is 3. The summed E-state index contributed by atoms with van der Waals surface area (Å²) in [6, 6.07) is 6.07. The third-order valence-corrected chi connectivity index (χ3v) is 5.11. The number of hydrogen-bond donors (Lipinski definition) is 0. The van der Waals surface area contributed by atoms with Crippen molar-refractivity contribution in [2.75, 3.05) is 6.54 Å². The van der Waals surface area contributed by atoms with E-state index in [1.54, 1.807) is 6.20 Å². The number of piperidine rings is 1. The quantitative estimate of drug-likeness (QED) is 0.852. The molecule has 5 heteroatoms. The lowest BCUT2D eigenvalue weighted by atomic mass is 10.0. The van der Waals surface area contributed by atoms with Crippen LogP contribution < -0.4 is 0 Å². The van der Waals surface area contributed by atoms with E-state index in [0.717, 1.165) is 40.7 Å². The van der Waals surface area contributed by atoms with Gasteiger partial charge in [-0.1, -0.05) is 6.07 Å². The highest BCUT2D eigenvalue weighted by Crippen LogP contribution is 2.29. The third-order valence-electron chi connectivity index (χ3n) is 3.94. The molecule has 110 valence electrons. The van der Waals surface area contributed by atoms with Gasteiger partial charge in [0.15, 0.2) is 0 Å². The van der Waals surface area contributed by atoms with E-state index in [1.165, 1.54) is 17.8 Å². The van der Waals surface area contributed by atoms with Crippen LogP contribution in [0.25, 0.3) is 10.7 Å². The monoisotopic (exact) mass is 301 g/mol. The minimum Gasteiger partial charge on any atom is -0.335 e. The lowest BCUT2D eigenvalue weighted by molar-refractivity contribution is 0.0639. The van der Waals surface area contributed by atoms with Crippen molar-refractivity contribution in [2.24, 2.45) is 0 Å². The summed E-state index contributed by atoms with van der Waals surface area (Å²) in [5, 5.41) is 0.820. The maximum absolute atomic E-state index is 12.8. The van der Waals surface area contributed by atoms with Crippen molar-refractivity contribution in [1.82, 2.24) is 14.9 Å². The zero-order valence-corrected chi connectivity index (χ0v) is 13.2. The molecule has 2 aromatic heterocycles. The van der Waals surface area contributed by atoms with E-state index >= 15 is 0 Å². The molecule has 0 saturated carbocycles. The summed E-state index contributed by atoms with van der Waals surface area (Å²) >= 11 is 1.45. The molecular weight excluding hydrogens is 282 g/mol. The normalized spacial score (nSPS) is 18.8. The SMILES string of the molecule is Cc1nc(-c2ccccn2)sc1C(=O)N1CCCCC1C. The Morgan fingerprint density at radius 2 is 2.24 bits per heavy atom. The maximum Gasteiger partial charge on any atom is 0.266 e. The van der Waals surface area contributed by atoms with E-state index < -0.39 is 0 Å². The van der Waals surface area contributed by atoms with Crippen molar-refractivity contribution in [3.63, 3.8) is 0 Å². The molecule has 3 rings (SSSR count). The fourth-order valence-corrected chi connectivity index (χ4v) is 3.72. The average molecular weight is 301 g/mol. The minimum atomic E-state index is 0.124. The molecule has 1 amide bonds. The van der Waals surface area contributed by atoms with Gasteiger partial charge in [-0.25, -0.2) is 4.98 Å². The number of hydrogen-bond acceptors (Lipinski definition) is 4. The fourth-order valence-electron chi connectivity index (χ4n) is 2.72. The molecule has 0 bridgehead atoms. The van der Waals surface area contributed by atoms with Crippen LogP contribution in [0.1, 0.15) is 41.6 Å². The topological polar surface area (TPSA) is 46.1 Å². The maximum atomic E-state index is 12.8. The number of aryl methyl sites for hydroxylation is 1. The van der Waals surface area contributed by atoms with E-state index in [4.69, 9.17) is 0 Å². The Balaban J connectivity index is 1.89. The van der Waals surface area contributed by atoms with E-state index in [0.29, 0.717) is 6.04 Å². The van der Waals surface area contributed by atoms with Crippen LogP contribution in [0.4, 0.5) is 0 Å². The van der Waals surface area contributed by atoms with Crippen molar-refractivity contribution in [3.8, 4) is 10.7 Å². The predicted octanol–water partition coefficient (Wildman–Crippen LogP) is 3.53. The van der Waals surface area contributed by atoms with E-state index in [1.807, 2.05) is 30.0 Å². The van der Waals surface area contributed by atoms with Crippen molar-refractivity contribution < 1.29 is 4.79 Å². The zero-order valence-electron chi connectivity index (χ0n) is 12.4. The highest BCUT2D eigenvalue weighted by Gasteiger charge is 2.27. The van der Waals surface area contributed by atoms with Crippen LogP contribution in [0.5, 0.6) is 0 Å². The van der Waals surface area contributed by atoms with Gasteiger partial charge in [0.05, 0.1) is 11.4 Å². The molecule has 1 unspecified atom stereocenters. The largest absolute Gasteiger partial charge is 0.335 e. The van der Waals surface area contributed by atoms with Crippen LogP contribution in [0.2, 0.25) is 0 Å². The molecule has 4 nitrogen and oxygen atoms in total. The number of aromatic nitrogens is 2. The summed E-state index contributed by atoms with van der Waals surface area (Å²) in [6.07, 6.45) is 5.16. The number of thiazole rings is 1. The first-order valence-electron chi connectivity index (χ1n) is 7.36. The zero-order chi connectivity index (χ0) is 14.8. The Hall–Kier alpha value is -1.75. The van der Waals surface area contributed by atoms with Gasteiger partial charge < -0.3 is 4.90 Å². The molecule has 1 atom stereocenters. The fraction of sp³-hybridized carbons (Fsp3) is 0.438. The van der Waals surface area contributed by atoms with Gasteiger partial charge in [0.2, 0.25) is 0 Å². The Kier molecular flexibility index (Phi) is 4.01. The number of carbonyl (C=O) groups is 1. The van der Waals surface area contributed by atoms with Crippen LogP contribution in [-0.2, 0) is 0 Å². The van der Waals surface area contributed by atoms with Gasteiger partial charge in [-0.3, -0.25) is 9.78 Å². The van der Waals surface area contributed by atoms with Crippen LogP contribution in [0, 0.1) is 6.92 Å². The second-order valence-corrected chi connectivity index (χ2v) is 6.49. The molecule has 1 fully saturated rings. The first-order valence-corrected chi connectivity index (χ1v) is 8.18. The molecule has 0 radical (unpaired) electrons. The Morgan fingerprint density at radius 3 is 2.95 bits per heavy atom. The van der Waals surface area contributed by atoms with Gasteiger partial charge in [-0.05, 0) is 45.2 Å². The number of carbonyl (C=O) groups excluding carboxylic acids is 1. The molecule has 0 spiro atoms. The van der Waals surface area contributed by atoms with E-state index in [-0.39, 0.29) is 5.91 Å². The van der Waals surface area contributed by atoms with Gasteiger partial charge in [0, 0.05) is 18.8 Å². The molecule has 0 N–H and O–H groups in total. The first kappa shape index (κ1) is 14.2. The highest BCUT2D eigenvalue weighted by molar-refractivity contribution is 7.17. The molecule has 2 aromatic rings. The average Bonchev–Trinajstić information content (AvgIpc) is 2.90. The second-order valence-electron chi connectivity index (χ2n) is 5.49. The summed E-state index contributed by atoms with van der Waals surface area (Å²) in [5.41, 5.74) is 1.64. The van der Waals surface area contributed by atoms with Gasteiger partial charge in [-0.2, -0.15) is 0 Å². The highest BCUT2D eigenvalue weighted by atomic mass is 32.1. The molecule has 3 heterocycles.